The van der Waals surface area contributed by atoms with Gasteiger partial charge in [0.05, 0.1) is 5.56 Å². The molecule has 1 aromatic carbocycles. The van der Waals surface area contributed by atoms with Gasteiger partial charge in [0.1, 0.15) is 0 Å². The van der Waals surface area contributed by atoms with E-state index in [4.69, 9.17) is 5.11 Å². The standard InChI is InChI=1S/C21H24N2O3/c1-2-7-22-11-14-8-18(13-22)19-9-17(10-20(24)23(19)12-14)15-3-5-16(6-4-15)21(25)26/h3-6,9-10,14,18H,2,7-8,11-13H2,1H3,(H,25,26)/t14-,18+/m0/s1. The number of aromatic nitrogens is 1. The molecular formula is C21H24N2O3. The number of benzene rings is 1. The number of likely N-dealkylation sites (tertiary alicyclic amines) is 1. The monoisotopic (exact) mass is 352 g/mol. The van der Waals surface area contributed by atoms with Crippen LogP contribution < -0.4 is 5.56 Å². The molecule has 0 spiro atoms. The summed E-state index contributed by atoms with van der Waals surface area (Å²) in [4.78, 5) is 26.3. The van der Waals surface area contributed by atoms with Crippen molar-refractivity contribution in [2.24, 2.45) is 5.92 Å². The van der Waals surface area contributed by atoms with Crippen LogP contribution in [0.3, 0.4) is 0 Å². The molecule has 2 aromatic rings. The van der Waals surface area contributed by atoms with Gasteiger partial charge in [-0.2, -0.15) is 0 Å². The van der Waals surface area contributed by atoms with E-state index in [0.717, 1.165) is 55.8 Å². The summed E-state index contributed by atoms with van der Waals surface area (Å²) >= 11 is 0. The molecule has 0 radical (unpaired) electrons. The van der Waals surface area contributed by atoms with Crippen LogP contribution in [0.1, 0.15) is 41.7 Å². The van der Waals surface area contributed by atoms with Crippen LogP contribution in [0.4, 0.5) is 0 Å². The smallest absolute Gasteiger partial charge is 0.335 e. The Balaban J connectivity index is 1.70. The summed E-state index contributed by atoms with van der Waals surface area (Å²) in [5.74, 6) is 0.0255. The number of carboxylic acid groups (broad SMARTS) is 1. The van der Waals surface area contributed by atoms with Crippen LogP contribution in [0.2, 0.25) is 0 Å². The Morgan fingerprint density at radius 1 is 1.12 bits per heavy atom. The minimum Gasteiger partial charge on any atom is -0.478 e. The average molecular weight is 352 g/mol. The largest absolute Gasteiger partial charge is 0.478 e. The lowest BCUT2D eigenvalue weighted by Gasteiger charge is -2.43. The minimum absolute atomic E-state index is 0.0541. The van der Waals surface area contributed by atoms with E-state index in [1.54, 1.807) is 30.3 Å². The Labute approximate surface area is 152 Å². The van der Waals surface area contributed by atoms with E-state index in [1.807, 2.05) is 4.57 Å². The number of carbonyl (C=O) groups is 1. The quantitative estimate of drug-likeness (QED) is 0.919. The molecule has 0 saturated carbocycles. The second-order valence-corrected chi connectivity index (χ2v) is 7.56. The fourth-order valence-electron chi connectivity index (χ4n) is 4.53. The van der Waals surface area contributed by atoms with E-state index in [9.17, 15) is 9.59 Å². The molecule has 2 bridgehead atoms. The zero-order valence-electron chi connectivity index (χ0n) is 15.0. The van der Waals surface area contributed by atoms with Crippen molar-refractivity contribution in [3.05, 3.63) is 58.0 Å². The molecule has 26 heavy (non-hydrogen) atoms. The Bertz CT molecular complexity index is 885. The van der Waals surface area contributed by atoms with Gasteiger partial charge in [0.25, 0.3) is 5.56 Å². The minimum atomic E-state index is -0.939. The zero-order valence-corrected chi connectivity index (χ0v) is 15.0. The lowest BCUT2D eigenvalue weighted by Crippen LogP contribution is -2.47. The summed E-state index contributed by atoms with van der Waals surface area (Å²) < 4.78 is 1.96. The fraction of sp³-hybridized carbons (Fsp3) is 0.429. The van der Waals surface area contributed by atoms with E-state index >= 15 is 0 Å². The van der Waals surface area contributed by atoms with Crippen LogP contribution in [0.5, 0.6) is 0 Å². The maximum Gasteiger partial charge on any atom is 0.335 e. The van der Waals surface area contributed by atoms with Gasteiger partial charge in [0.15, 0.2) is 0 Å². The number of fused-ring (bicyclic) bond motifs is 4. The van der Waals surface area contributed by atoms with Crippen LogP contribution in [-0.2, 0) is 6.54 Å². The molecular weight excluding hydrogens is 328 g/mol. The van der Waals surface area contributed by atoms with Crippen molar-refractivity contribution in [2.75, 3.05) is 19.6 Å². The summed E-state index contributed by atoms with van der Waals surface area (Å²) in [6.45, 7) is 6.25. The van der Waals surface area contributed by atoms with Gasteiger partial charge < -0.3 is 14.6 Å². The number of pyridine rings is 1. The Hall–Kier alpha value is -2.40. The molecule has 136 valence electrons. The van der Waals surface area contributed by atoms with Gasteiger partial charge in [-0.3, -0.25) is 4.79 Å². The highest BCUT2D eigenvalue weighted by Crippen LogP contribution is 2.36. The van der Waals surface area contributed by atoms with Crippen molar-refractivity contribution < 1.29 is 9.90 Å². The third-order valence-corrected chi connectivity index (χ3v) is 5.64. The lowest BCUT2D eigenvalue weighted by atomic mass is 9.82. The number of piperidine rings is 1. The maximum atomic E-state index is 12.7. The predicted octanol–water partition coefficient (Wildman–Crippen LogP) is 3.04. The molecule has 1 N–H and O–H groups in total. The normalized spacial score (nSPS) is 22.0. The van der Waals surface area contributed by atoms with Crippen molar-refractivity contribution in [3.8, 4) is 11.1 Å². The summed E-state index contributed by atoms with van der Waals surface area (Å²) in [5, 5.41) is 9.06. The van der Waals surface area contributed by atoms with Gasteiger partial charge in [-0.25, -0.2) is 4.79 Å². The third-order valence-electron chi connectivity index (χ3n) is 5.64. The molecule has 1 aromatic heterocycles. The van der Waals surface area contributed by atoms with E-state index in [-0.39, 0.29) is 11.1 Å². The fourth-order valence-corrected chi connectivity index (χ4v) is 4.53. The van der Waals surface area contributed by atoms with Gasteiger partial charge in [0.2, 0.25) is 0 Å². The summed E-state index contributed by atoms with van der Waals surface area (Å²) in [7, 11) is 0. The van der Waals surface area contributed by atoms with Crippen molar-refractivity contribution in [1.29, 1.82) is 0 Å². The van der Waals surface area contributed by atoms with Crippen LogP contribution in [0.15, 0.2) is 41.2 Å². The van der Waals surface area contributed by atoms with E-state index < -0.39 is 5.97 Å². The number of hydrogen-bond donors (Lipinski definition) is 1. The molecule has 1 fully saturated rings. The van der Waals surface area contributed by atoms with Crippen LogP contribution in [-0.4, -0.2) is 40.2 Å². The molecule has 5 nitrogen and oxygen atoms in total. The molecule has 0 aliphatic carbocycles. The second-order valence-electron chi connectivity index (χ2n) is 7.56. The van der Waals surface area contributed by atoms with E-state index in [2.05, 4.69) is 17.9 Å². The number of aromatic carboxylic acids is 1. The van der Waals surface area contributed by atoms with Gasteiger partial charge in [-0.15, -0.1) is 0 Å². The highest BCUT2D eigenvalue weighted by Gasteiger charge is 2.34. The number of nitrogens with zero attached hydrogens (tertiary/aromatic N) is 2. The van der Waals surface area contributed by atoms with Gasteiger partial charge >= 0.3 is 5.97 Å². The number of rotatable bonds is 4. The van der Waals surface area contributed by atoms with Crippen LogP contribution in [0.25, 0.3) is 11.1 Å². The van der Waals surface area contributed by atoms with Crippen molar-refractivity contribution in [3.63, 3.8) is 0 Å². The molecule has 0 amide bonds. The first kappa shape index (κ1) is 17.0. The first-order valence-corrected chi connectivity index (χ1v) is 9.36. The average Bonchev–Trinajstić information content (AvgIpc) is 2.63. The first-order chi connectivity index (χ1) is 12.5. The van der Waals surface area contributed by atoms with Gasteiger partial charge in [-0.05, 0) is 54.6 Å². The summed E-state index contributed by atoms with van der Waals surface area (Å²) in [5.41, 5.74) is 3.21. The number of hydrogen-bond acceptors (Lipinski definition) is 3. The van der Waals surface area contributed by atoms with Crippen LogP contribution in [0, 0.1) is 5.92 Å². The molecule has 2 aliphatic heterocycles. The van der Waals surface area contributed by atoms with Gasteiger partial charge in [-0.1, -0.05) is 19.1 Å². The highest BCUT2D eigenvalue weighted by molar-refractivity contribution is 5.88. The number of carboxylic acids is 1. The predicted molar refractivity (Wildman–Crippen MR) is 101 cm³/mol. The molecule has 1 saturated heterocycles. The molecule has 4 rings (SSSR count). The Morgan fingerprint density at radius 3 is 2.58 bits per heavy atom. The van der Waals surface area contributed by atoms with E-state index in [1.165, 1.54) is 0 Å². The second kappa shape index (κ2) is 6.72. The highest BCUT2D eigenvalue weighted by atomic mass is 16.4. The third kappa shape index (κ3) is 3.07. The Morgan fingerprint density at radius 2 is 1.88 bits per heavy atom. The summed E-state index contributed by atoms with van der Waals surface area (Å²) in [6, 6.07) is 10.6. The first-order valence-electron chi connectivity index (χ1n) is 9.36. The van der Waals surface area contributed by atoms with Crippen LogP contribution >= 0.6 is 0 Å². The zero-order chi connectivity index (χ0) is 18.3. The van der Waals surface area contributed by atoms with Gasteiger partial charge in [0, 0.05) is 37.3 Å². The Kier molecular flexibility index (Phi) is 4.41. The maximum absolute atomic E-state index is 12.7. The SMILES string of the molecule is CCCN1C[C@@H]2C[C@H](C1)c1cc(-c3ccc(C(=O)O)cc3)cc(=O)n1C2. The van der Waals surface area contributed by atoms with Crippen molar-refractivity contribution >= 4 is 5.97 Å². The lowest BCUT2D eigenvalue weighted by molar-refractivity contribution is 0.0697. The topological polar surface area (TPSA) is 62.5 Å². The van der Waals surface area contributed by atoms with Crippen molar-refractivity contribution in [2.45, 2.75) is 32.2 Å². The summed E-state index contributed by atoms with van der Waals surface area (Å²) in [6.07, 6.45) is 2.31. The molecule has 5 heteroatoms. The molecule has 3 heterocycles. The van der Waals surface area contributed by atoms with E-state index in [0.29, 0.717) is 11.8 Å². The molecule has 2 atom stereocenters. The molecule has 0 unspecified atom stereocenters. The molecule has 2 aliphatic rings. The van der Waals surface area contributed by atoms with Crippen molar-refractivity contribution in [1.82, 2.24) is 9.47 Å².